The number of rotatable bonds is 7. The summed E-state index contributed by atoms with van der Waals surface area (Å²) < 4.78 is 0. The lowest BCUT2D eigenvalue weighted by Gasteiger charge is -2.17. The Balaban J connectivity index is 1.88. The first-order chi connectivity index (χ1) is 12.9. The van der Waals surface area contributed by atoms with E-state index >= 15 is 0 Å². The van der Waals surface area contributed by atoms with E-state index in [-0.39, 0.29) is 18.4 Å². The second-order valence-electron chi connectivity index (χ2n) is 6.95. The predicted octanol–water partition coefficient (Wildman–Crippen LogP) is 2.62. The molecule has 0 aromatic carbocycles. The van der Waals surface area contributed by atoms with Crippen LogP contribution in [0.1, 0.15) is 39.3 Å². The number of nitrogens with zero attached hydrogens (tertiary/aromatic N) is 5. The van der Waals surface area contributed by atoms with Gasteiger partial charge in [-0.3, -0.25) is 9.79 Å². The molecule has 142 valence electrons. The average Bonchev–Trinajstić information content (AvgIpc) is 3.13. The molecule has 0 unspecified atom stereocenters. The molecule has 7 heteroatoms. The quantitative estimate of drug-likeness (QED) is 0.591. The summed E-state index contributed by atoms with van der Waals surface area (Å²) >= 11 is 0. The molecule has 1 aromatic rings. The number of aliphatic imine (C=N–C) groups is 1. The monoisotopic (exact) mass is 366 g/mol. The third-order valence-electron chi connectivity index (χ3n) is 4.64. The highest BCUT2D eigenvalue weighted by atomic mass is 16.1. The van der Waals surface area contributed by atoms with Gasteiger partial charge in [-0.1, -0.05) is 25.5 Å². The predicted molar refractivity (Wildman–Crippen MR) is 106 cm³/mol. The molecule has 0 aliphatic carbocycles. The minimum absolute atomic E-state index is 0.0500. The fraction of sp³-hybridized carbons (Fsp3) is 0.450. The third-order valence-corrected chi connectivity index (χ3v) is 4.64. The fourth-order valence-corrected chi connectivity index (χ4v) is 2.67. The summed E-state index contributed by atoms with van der Waals surface area (Å²) in [5.41, 5.74) is 2.17. The van der Waals surface area contributed by atoms with E-state index in [0.717, 1.165) is 13.0 Å². The lowest BCUT2D eigenvalue weighted by molar-refractivity contribution is -0.121. The van der Waals surface area contributed by atoms with Gasteiger partial charge in [0.2, 0.25) is 5.91 Å². The van der Waals surface area contributed by atoms with E-state index in [1.54, 1.807) is 12.1 Å². The van der Waals surface area contributed by atoms with Crippen LogP contribution >= 0.6 is 0 Å². The molecule has 1 aromatic heterocycles. The average molecular weight is 366 g/mol. The number of nitriles is 1. The van der Waals surface area contributed by atoms with Crippen molar-refractivity contribution in [2.75, 3.05) is 18.0 Å². The number of allylic oxidation sites excluding steroid dienone is 3. The Morgan fingerprint density at radius 3 is 2.85 bits per heavy atom. The highest BCUT2D eigenvalue weighted by Crippen LogP contribution is 2.18. The molecular weight excluding hydrogens is 340 g/mol. The molecule has 0 saturated carbocycles. The van der Waals surface area contributed by atoms with Crippen LogP contribution in [0.2, 0.25) is 0 Å². The Kier molecular flexibility index (Phi) is 7.24. The molecule has 7 nitrogen and oxygen atoms in total. The van der Waals surface area contributed by atoms with Gasteiger partial charge in [0.1, 0.15) is 6.07 Å². The van der Waals surface area contributed by atoms with Crippen molar-refractivity contribution in [2.45, 2.75) is 39.7 Å². The number of hydrogen-bond donors (Lipinski definition) is 1. The Morgan fingerprint density at radius 1 is 1.48 bits per heavy atom. The van der Waals surface area contributed by atoms with Gasteiger partial charge in [-0.05, 0) is 44.2 Å². The molecule has 0 bridgehead atoms. The zero-order valence-corrected chi connectivity index (χ0v) is 16.1. The Bertz CT molecular complexity index is 773. The van der Waals surface area contributed by atoms with E-state index in [1.165, 1.54) is 5.57 Å². The molecule has 1 N–H and O–H groups in total. The van der Waals surface area contributed by atoms with Crippen molar-refractivity contribution in [1.29, 1.82) is 5.26 Å². The van der Waals surface area contributed by atoms with Gasteiger partial charge in [0.05, 0.1) is 6.42 Å². The number of carbonyl (C=O) groups excluding carboxylic acids is 1. The van der Waals surface area contributed by atoms with Gasteiger partial charge in [0.25, 0.3) is 0 Å². The summed E-state index contributed by atoms with van der Waals surface area (Å²) in [7, 11) is 0. The highest BCUT2D eigenvalue weighted by Gasteiger charge is 2.25. The standard InChI is InChI=1S/C20H26N6O/c1-14(2)15(3)5-6-16(22-4)11-20(27)23-18-9-10-26(13-18)19-8-7-17(12-21)24-25-19/h5-8,14,18H,4,9-11,13H2,1-3H3,(H,23,27)/b15-5+,16-6-/t18-/m0/s1. The van der Waals surface area contributed by atoms with Crippen molar-refractivity contribution in [3.05, 3.63) is 41.2 Å². The van der Waals surface area contributed by atoms with Crippen LogP contribution in [-0.4, -0.2) is 42.0 Å². The van der Waals surface area contributed by atoms with E-state index in [1.807, 2.05) is 18.2 Å². The highest BCUT2D eigenvalue weighted by molar-refractivity contribution is 5.79. The van der Waals surface area contributed by atoms with E-state index in [4.69, 9.17) is 5.26 Å². The smallest absolute Gasteiger partial charge is 0.226 e. The van der Waals surface area contributed by atoms with Crippen molar-refractivity contribution in [1.82, 2.24) is 15.5 Å². The van der Waals surface area contributed by atoms with Gasteiger partial charge in [-0.25, -0.2) is 0 Å². The van der Waals surface area contributed by atoms with Crippen molar-refractivity contribution in [3.63, 3.8) is 0 Å². The van der Waals surface area contributed by atoms with E-state index in [2.05, 4.69) is 52.9 Å². The molecule has 2 rings (SSSR count). The van der Waals surface area contributed by atoms with E-state index in [9.17, 15) is 4.79 Å². The van der Waals surface area contributed by atoms with Gasteiger partial charge in [-0.2, -0.15) is 5.26 Å². The number of hydrogen-bond acceptors (Lipinski definition) is 6. The summed E-state index contributed by atoms with van der Waals surface area (Å²) in [6.45, 7) is 11.3. The number of anilines is 1. The summed E-state index contributed by atoms with van der Waals surface area (Å²) in [5, 5.41) is 19.8. The fourth-order valence-electron chi connectivity index (χ4n) is 2.67. The van der Waals surface area contributed by atoms with Crippen LogP contribution in [0.3, 0.4) is 0 Å². The molecular formula is C20H26N6O. The van der Waals surface area contributed by atoms with Crippen molar-refractivity contribution >= 4 is 18.4 Å². The molecule has 1 aliphatic heterocycles. The molecule has 27 heavy (non-hydrogen) atoms. The molecule has 0 radical (unpaired) electrons. The summed E-state index contributed by atoms with van der Waals surface area (Å²) in [6, 6.07) is 5.43. The van der Waals surface area contributed by atoms with Crippen LogP contribution in [-0.2, 0) is 4.79 Å². The maximum atomic E-state index is 12.3. The second-order valence-corrected chi connectivity index (χ2v) is 6.95. The first-order valence-electron chi connectivity index (χ1n) is 9.05. The number of carbonyl (C=O) groups is 1. The zero-order chi connectivity index (χ0) is 19.8. The SMILES string of the molecule is C=N/C(=C\C=C(/C)C(C)C)CC(=O)N[C@H]1CCN(c2ccc(C#N)nn2)C1. The first kappa shape index (κ1) is 20.3. The Labute approximate surface area is 160 Å². The van der Waals surface area contributed by atoms with Crippen LogP contribution in [0.25, 0.3) is 0 Å². The minimum atomic E-state index is -0.0676. The topological polar surface area (TPSA) is 94.3 Å². The largest absolute Gasteiger partial charge is 0.353 e. The number of nitrogens with one attached hydrogen (secondary N) is 1. The van der Waals surface area contributed by atoms with Crippen LogP contribution < -0.4 is 10.2 Å². The lowest BCUT2D eigenvalue weighted by Crippen LogP contribution is -2.37. The van der Waals surface area contributed by atoms with Crippen LogP contribution in [0, 0.1) is 17.2 Å². The number of amides is 1. The Morgan fingerprint density at radius 2 is 2.26 bits per heavy atom. The minimum Gasteiger partial charge on any atom is -0.353 e. The van der Waals surface area contributed by atoms with Crippen molar-refractivity contribution in [2.24, 2.45) is 10.9 Å². The maximum Gasteiger partial charge on any atom is 0.226 e. The van der Waals surface area contributed by atoms with Crippen LogP contribution in [0.5, 0.6) is 0 Å². The summed E-state index contributed by atoms with van der Waals surface area (Å²) in [4.78, 5) is 18.3. The van der Waals surface area contributed by atoms with Gasteiger partial charge >= 0.3 is 0 Å². The molecule has 1 aliphatic rings. The zero-order valence-electron chi connectivity index (χ0n) is 16.1. The first-order valence-corrected chi connectivity index (χ1v) is 9.05. The van der Waals surface area contributed by atoms with E-state index < -0.39 is 0 Å². The second kappa shape index (κ2) is 9.62. The molecule has 1 saturated heterocycles. The van der Waals surface area contributed by atoms with Gasteiger partial charge in [0, 0.05) is 24.8 Å². The molecule has 1 amide bonds. The molecule has 1 fully saturated rings. The van der Waals surface area contributed by atoms with Crippen molar-refractivity contribution in [3.8, 4) is 6.07 Å². The van der Waals surface area contributed by atoms with Gasteiger partial charge < -0.3 is 10.2 Å². The van der Waals surface area contributed by atoms with Gasteiger partial charge in [-0.15, -0.1) is 10.2 Å². The summed E-state index contributed by atoms with van der Waals surface area (Å²) in [5.74, 6) is 1.10. The van der Waals surface area contributed by atoms with Crippen LogP contribution in [0.15, 0.2) is 40.5 Å². The molecule has 2 heterocycles. The number of aromatic nitrogens is 2. The van der Waals surface area contributed by atoms with Gasteiger partial charge in [0.15, 0.2) is 11.5 Å². The maximum absolute atomic E-state index is 12.3. The third kappa shape index (κ3) is 6.03. The Hall–Kier alpha value is -3.01. The van der Waals surface area contributed by atoms with E-state index in [0.29, 0.717) is 29.7 Å². The molecule has 0 spiro atoms. The normalized spacial score (nSPS) is 17.7. The van der Waals surface area contributed by atoms with Crippen molar-refractivity contribution < 1.29 is 4.79 Å². The summed E-state index contributed by atoms with van der Waals surface area (Å²) in [6.07, 6.45) is 4.89. The van der Waals surface area contributed by atoms with Crippen LogP contribution in [0.4, 0.5) is 5.82 Å². The lowest BCUT2D eigenvalue weighted by atomic mass is 10.0. The molecule has 1 atom stereocenters.